The third-order valence-electron chi connectivity index (χ3n) is 12.3. The predicted octanol–water partition coefficient (Wildman–Crippen LogP) is 15.5. The highest BCUT2D eigenvalue weighted by Crippen LogP contribution is 2.49. The highest BCUT2D eigenvalue weighted by Gasteiger charge is 2.22. The van der Waals surface area contributed by atoms with Crippen molar-refractivity contribution in [3.63, 3.8) is 0 Å². The van der Waals surface area contributed by atoms with Crippen LogP contribution in [0.25, 0.3) is 122 Å². The molecule has 0 bridgehead atoms. The Balaban J connectivity index is 0.919. The molecule has 288 valence electrons. The first-order chi connectivity index (χ1) is 30.7. The Morgan fingerprint density at radius 3 is 1.26 bits per heavy atom. The number of hydrogen-bond donors (Lipinski definition) is 0. The quantitative estimate of drug-likeness (QED) is 0.161. The van der Waals surface area contributed by atoms with Gasteiger partial charge in [0.25, 0.3) is 0 Å². The molecule has 62 heavy (non-hydrogen) atoms. The van der Waals surface area contributed by atoms with Crippen LogP contribution in [0.15, 0.2) is 224 Å². The Kier molecular flexibility index (Phi) is 8.50. The van der Waals surface area contributed by atoms with Crippen LogP contribution < -0.4 is 0 Å². The Labute approximate surface area is 360 Å². The molecule has 0 aliphatic heterocycles. The monoisotopic (exact) mass is 787 g/mol. The second kappa shape index (κ2) is 14.8. The van der Waals surface area contributed by atoms with Gasteiger partial charge < -0.3 is 0 Å². The normalized spacial score (nSPS) is 11.5. The molecular formula is C59H37N3. The summed E-state index contributed by atoms with van der Waals surface area (Å²) in [6, 6.07) is 80.1. The molecule has 0 atom stereocenters. The molecule has 1 heterocycles. The summed E-state index contributed by atoms with van der Waals surface area (Å²) in [6.07, 6.45) is 0. The van der Waals surface area contributed by atoms with E-state index in [1.165, 1.54) is 77.2 Å². The van der Waals surface area contributed by atoms with Crippen molar-refractivity contribution in [3.05, 3.63) is 224 Å². The minimum atomic E-state index is 0.633. The van der Waals surface area contributed by atoms with Gasteiger partial charge in [-0.3, -0.25) is 0 Å². The van der Waals surface area contributed by atoms with Gasteiger partial charge in [0.1, 0.15) is 0 Å². The third-order valence-corrected chi connectivity index (χ3v) is 12.3. The minimum absolute atomic E-state index is 0.633. The second-order valence-corrected chi connectivity index (χ2v) is 15.9. The fourth-order valence-electron chi connectivity index (χ4n) is 9.29. The van der Waals surface area contributed by atoms with Gasteiger partial charge in [-0.05, 0) is 88.3 Å². The van der Waals surface area contributed by atoms with Gasteiger partial charge in [-0.25, -0.2) is 15.0 Å². The molecular weight excluding hydrogens is 751 g/mol. The van der Waals surface area contributed by atoms with E-state index in [1.54, 1.807) is 0 Å². The molecule has 12 rings (SSSR count). The highest BCUT2D eigenvalue weighted by atomic mass is 15.0. The number of rotatable bonds is 7. The molecule has 0 amide bonds. The Morgan fingerprint density at radius 2 is 0.613 bits per heavy atom. The maximum Gasteiger partial charge on any atom is 0.164 e. The van der Waals surface area contributed by atoms with E-state index >= 15 is 0 Å². The fraction of sp³-hybridized carbons (Fsp3) is 0. The van der Waals surface area contributed by atoms with Gasteiger partial charge in [0, 0.05) is 16.7 Å². The third kappa shape index (κ3) is 6.10. The van der Waals surface area contributed by atoms with Crippen molar-refractivity contribution in [2.75, 3.05) is 0 Å². The summed E-state index contributed by atoms with van der Waals surface area (Å²) in [6.45, 7) is 0. The topological polar surface area (TPSA) is 38.7 Å². The summed E-state index contributed by atoms with van der Waals surface area (Å²) in [5.74, 6) is 1.91. The number of nitrogens with zero attached hydrogens (tertiary/aromatic N) is 3. The maximum atomic E-state index is 5.07. The zero-order valence-corrected chi connectivity index (χ0v) is 33.7. The summed E-state index contributed by atoms with van der Waals surface area (Å²) in [7, 11) is 0. The molecule has 3 nitrogen and oxygen atoms in total. The molecule has 10 aromatic carbocycles. The summed E-state index contributed by atoms with van der Waals surface area (Å²) < 4.78 is 0. The molecule has 0 saturated carbocycles. The van der Waals surface area contributed by atoms with Gasteiger partial charge in [0.05, 0.1) is 0 Å². The maximum absolute atomic E-state index is 5.07. The van der Waals surface area contributed by atoms with E-state index in [4.69, 9.17) is 15.0 Å². The highest BCUT2D eigenvalue weighted by molar-refractivity contribution is 6.18. The zero-order valence-electron chi connectivity index (χ0n) is 33.7. The Morgan fingerprint density at radius 1 is 0.210 bits per heavy atom. The van der Waals surface area contributed by atoms with E-state index in [2.05, 4.69) is 188 Å². The lowest BCUT2D eigenvalue weighted by Crippen LogP contribution is -2.00. The van der Waals surface area contributed by atoms with Crippen LogP contribution in [-0.4, -0.2) is 15.0 Å². The van der Waals surface area contributed by atoms with Crippen LogP contribution in [0.1, 0.15) is 0 Å². The average Bonchev–Trinajstić information content (AvgIpc) is 3.69. The molecule has 0 spiro atoms. The average molecular weight is 788 g/mol. The number of aromatic nitrogens is 3. The molecule has 1 aliphatic carbocycles. The molecule has 0 unspecified atom stereocenters. The summed E-state index contributed by atoms with van der Waals surface area (Å²) in [5.41, 5.74) is 17.5. The van der Waals surface area contributed by atoms with Crippen molar-refractivity contribution in [2.45, 2.75) is 0 Å². The van der Waals surface area contributed by atoms with Crippen LogP contribution in [0.4, 0.5) is 0 Å². The van der Waals surface area contributed by atoms with E-state index in [1.807, 2.05) is 36.4 Å². The molecule has 0 fully saturated rings. The van der Waals surface area contributed by atoms with Crippen molar-refractivity contribution in [2.24, 2.45) is 0 Å². The van der Waals surface area contributed by atoms with Gasteiger partial charge in [0.15, 0.2) is 17.5 Å². The van der Waals surface area contributed by atoms with Crippen LogP contribution in [0.2, 0.25) is 0 Å². The van der Waals surface area contributed by atoms with E-state index in [-0.39, 0.29) is 0 Å². The van der Waals surface area contributed by atoms with E-state index in [0.29, 0.717) is 17.5 Å². The smallest absolute Gasteiger partial charge is 0.164 e. The van der Waals surface area contributed by atoms with Crippen molar-refractivity contribution >= 4 is 21.5 Å². The standard InChI is InChI=1S/C59H37N3/c1-3-12-38(13-4-1)39-22-30-45(31-23-39)58-60-57(44-15-5-2-6-16-44)61-59(62-58)46-32-28-43(29-33-46)55-48-17-8-7-14-40(48)34-35-49(55)42-26-24-41(25-27-42)47-36-37-54-51-19-10-9-18-50(51)53-21-11-20-52(47)56(53)54/h1-37H. The van der Waals surface area contributed by atoms with Crippen molar-refractivity contribution < 1.29 is 0 Å². The molecule has 11 aromatic rings. The first-order valence-corrected chi connectivity index (χ1v) is 21.1. The predicted molar refractivity (Wildman–Crippen MR) is 257 cm³/mol. The van der Waals surface area contributed by atoms with E-state index < -0.39 is 0 Å². The number of benzene rings is 10. The molecule has 1 aromatic heterocycles. The van der Waals surface area contributed by atoms with Crippen LogP contribution >= 0.6 is 0 Å². The van der Waals surface area contributed by atoms with Gasteiger partial charge in [-0.15, -0.1) is 0 Å². The Hall–Kier alpha value is -8.27. The van der Waals surface area contributed by atoms with Crippen LogP contribution in [0, 0.1) is 0 Å². The zero-order chi connectivity index (χ0) is 41.0. The van der Waals surface area contributed by atoms with E-state index in [0.717, 1.165) is 27.8 Å². The second-order valence-electron chi connectivity index (χ2n) is 15.9. The van der Waals surface area contributed by atoms with Crippen LogP contribution in [-0.2, 0) is 0 Å². The number of hydrogen-bond acceptors (Lipinski definition) is 3. The summed E-state index contributed by atoms with van der Waals surface area (Å²) in [4.78, 5) is 15.1. The van der Waals surface area contributed by atoms with Crippen molar-refractivity contribution in [3.8, 4) is 101 Å². The fourth-order valence-corrected chi connectivity index (χ4v) is 9.29. The Bertz CT molecular complexity index is 3440. The van der Waals surface area contributed by atoms with Crippen LogP contribution in [0.3, 0.4) is 0 Å². The summed E-state index contributed by atoms with van der Waals surface area (Å²) in [5, 5.41) is 5.05. The lowest BCUT2D eigenvalue weighted by Gasteiger charge is -2.16. The lowest BCUT2D eigenvalue weighted by atomic mass is 9.88. The summed E-state index contributed by atoms with van der Waals surface area (Å²) >= 11 is 0. The van der Waals surface area contributed by atoms with E-state index in [9.17, 15) is 0 Å². The SMILES string of the molecule is c1ccc(-c2ccc(-c3nc(-c4ccccc4)nc(-c4ccc(-c5c(-c6ccc(-c7ccc8c9c(cccc79)-c7ccccc7-8)cc6)ccc6ccccc56)cc4)n3)cc2)cc1. The molecule has 3 heteroatoms. The van der Waals surface area contributed by atoms with Gasteiger partial charge in [-0.2, -0.15) is 0 Å². The first kappa shape index (κ1) is 35.7. The van der Waals surface area contributed by atoms with Crippen LogP contribution in [0.5, 0.6) is 0 Å². The molecule has 1 aliphatic rings. The van der Waals surface area contributed by atoms with Gasteiger partial charge in [-0.1, -0.05) is 224 Å². The lowest BCUT2D eigenvalue weighted by molar-refractivity contribution is 1.07. The largest absolute Gasteiger partial charge is 0.208 e. The van der Waals surface area contributed by atoms with Gasteiger partial charge >= 0.3 is 0 Å². The molecule has 0 N–H and O–H groups in total. The molecule has 0 saturated heterocycles. The van der Waals surface area contributed by atoms with Crippen molar-refractivity contribution in [1.29, 1.82) is 0 Å². The van der Waals surface area contributed by atoms with Crippen molar-refractivity contribution in [1.82, 2.24) is 15.0 Å². The minimum Gasteiger partial charge on any atom is -0.208 e. The molecule has 0 radical (unpaired) electrons. The first-order valence-electron chi connectivity index (χ1n) is 21.1. The van der Waals surface area contributed by atoms with Gasteiger partial charge in [0.2, 0.25) is 0 Å². The number of fused-ring (bicyclic) bond motifs is 4.